The summed E-state index contributed by atoms with van der Waals surface area (Å²) in [6.07, 6.45) is 4.15. The highest BCUT2D eigenvalue weighted by atomic mass is 16.1. The minimum atomic E-state index is -0.116. The van der Waals surface area contributed by atoms with Gasteiger partial charge in [0.25, 0.3) is 5.91 Å². The minimum absolute atomic E-state index is 0.116. The number of anilines is 2. The number of carbonyl (C=O) groups is 1. The second-order valence-corrected chi connectivity index (χ2v) is 8.05. The van der Waals surface area contributed by atoms with Crippen LogP contribution in [0.5, 0.6) is 0 Å². The number of rotatable bonds is 7. The van der Waals surface area contributed by atoms with Crippen molar-refractivity contribution in [2.75, 3.05) is 24.6 Å². The third kappa shape index (κ3) is 4.62. The average molecular weight is 441 g/mol. The minimum Gasteiger partial charge on any atom is -0.398 e. The van der Waals surface area contributed by atoms with Crippen LogP contribution in [0.4, 0.5) is 11.5 Å². The third-order valence-corrected chi connectivity index (χ3v) is 5.89. The third-order valence-electron chi connectivity index (χ3n) is 5.89. The largest absolute Gasteiger partial charge is 0.398 e. The number of nitrogens with two attached hydrogens (primary N) is 1. The molecule has 0 saturated heterocycles. The summed E-state index contributed by atoms with van der Waals surface area (Å²) in [7, 11) is 1.64. The van der Waals surface area contributed by atoms with Crippen LogP contribution in [-0.2, 0) is 0 Å². The Morgan fingerprint density at radius 2 is 1.94 bits per heavy atom. The van der Waals surface area contributed by atoms with Crippen molar-refractivity contribution in [1.82, 2.24) is 20.3 Å². The molecule has 33 heavy (non-hydrogen) atoms. The lowest BCUT2D eigenvalue weighted by atomic mass is 9.92. The Balaban J connectivity index is 1.60. The van der Waals surface area contributed by atoms with Crippen molar-refractivity contribution >= 4 is 28.3 Å². The van der Waals surface area contributed by atoms with Crippen molar-refractivity contribution in [2.45, 2.75) is 26.2 Å². The maximum absolute atomic E-state index is 12.3. The van der Waals surface area contributed by atoms with Gasteiger partial charge in [-0.15, -0.1) is 0 Å². The number of nitrogens with one attached hydrogen (secondary N) is 2. The maximum atomic E-state index is 12.3. The Morgan fingerprint density at radius 1 is 1.09 bits per heavy atom. The van der Waals surface area contributed by atoms with Gasteiger partial charge >= 0.3 is 0 Å². The lowest BCUT2D eigenvalue weighted by molar-refractivity contribution is 0.0964. The molecule has 0 radical (unpaired) electrons. The molecular weight excluding hydrogens is 412 g/mol. The first-order valence-corrected chi connectivity index (χ1v) is 11.0. The van der Waals surface area contributed by atoms with E-state index in [-0.39, 0.29) is 11.8 Å². The number of benzene rings is 2. The van der Waals surface area contributed by atoms with Crippen molar-refractivity contribution in [3.63, 3.8) is 0 Å². The van der Waals surface area contributed by atoms with Crippen molar-refractivity contribution < 1.29 is 4.79 Å². The first kappa shape index (κ1) is 22.2. The molecule has 1 atom stereocenters. The van der Waals surface area contributed by atoms with Gasteiger partial charge in [-0.05, 0) is 36.6 Å². The fraction of sp³-hybridized carbons (Fsp3) is 0.231. The fourth-order valence-electron chi connectivity index (χ4n) is 4.08. The quantitative estimate of drug-likeness (QED) is 0.364. The van der Waals surface area contributed by atoms with E-state index in [4.69, 9.17) is 5.73 Å². The SMILES string of the molecule is CCC(CNc1cc(-c2ccc(C)cc2N)ncn1)c1cccc2c(C(=O)NC)ccnc12. The Labute approximate surface area is 193 Å². The highest BCUT2D eigenvalue weighted by Gasteiger charge is 2.17. The number of para-hydroxylation sites is 1. The number of fused-ring (bicyclic) bond motifs is 1. The molecule has 2 aromatic heterocycles. The van der Waals surface area contributed by atoms with Crippen LogP contribution in [0.2, 0.25) is 0 Å². The summed E-state index contributed by atoms with van der Waals surface area (Å²) < 4.78 is 0. The molecule has 4 rings (SSSR count). The number of hydrogen-bond donors (Lipinski definition) is 3. The van der Waals surface area contributed by atoms with Gasteiger partial charge in [0.05, 0.1) is 16.8 Å². The number of nitrogen functional groups attached to an aromatic ring is 1. The molecule has 0 aliphatic heterocycles. The van der Waals surface area contributed by atoms with E-state index in [2.05, 4.69) is 38.6 Å². The second kappa shape index (κ2) is 9.65. The number of carbonyl (C=O) groups excluding carboxylic acids is 1. The van der Waals surface area contributed by atoms with E-state index in [9.17, 15) is 4.79 Å². The molecule has 1 unspecified atom stereocenters. The molecule has 0 spiro atoms. The number of pyridine rings is 1. The number of amides is 1. The molecule has 0 saturated carbocycles. The van der Waals surface area contributed by atoms with Crippen molar-refractivity contribution in [2.24, 2.45) is 0 Å². The monoisotopic (exact) mass is 440 g/mol. The molecule has 2 heterocycles. The average Bonchev–Trinajstić information content (AvgIpc) is 2.84. The van der Waals surface area contributed by atoms with Gasteiger partial charge in [-0.1, -0.05) is 37.3 Å². The molecule has 0 bridgehead atoms. The van der Waals surface area contributed by atoms with Crippen LogP contribution in [0, 0.1) is 6.92 Å². The Bertz CT molecular complexity index is 1300. The molecule has 7 nitrogen and oxygen atoms in total. The zero-order valence-corrected chi connectivity index (χ0v) is 19.1. The first-order valence-electron chi connectivity index (χ1n) is 11.0. The number of nitrogens with zero attached hydrogens (tertiary/aromatic N) is 3. The van der Waals surface area contributed by atoms with Crippen LogP contribution >= 0.6 is 0 Å². The van der Waals surface area contributed by atoms with Gasteiger partial charge < -0.3 is 16.4 Å². The van der Waals surface area contributed by atoms with Crippen molar-refractivity contribution in [3.05, 3.63) is 77.7 Å². The summed E-state index contributed by atoms with van der Waals surface area (Å²) >= 11 is 0. The van der Waals surface area contributed by atoms with Crippen molar-refractivity contribution in [3.8, 4) is 11.3 Å². The number of aryl methyl sites for hydroxylation is 1. The van der Waals surface area contributed by atoms with Crippen LogP contribution in [0.3, 0.4) is 0 Å². The summed E-state index contributed by atoms with van der Waals surface area (Å²) in [6, 6.07) is 15.6. The predicted octanol–water partition coefficient (Wildman–Crippen LogP) is 4.55. The van der Waals surface area contributed by atoms with Gasteiger partial charge in [0.1, 0.15) is 12.1 Å². The zero-order chi connectivity index (χ0) is 23.4. The van der Waals surface area contributed by atoms with Gasteiger partial charge in [-0.25, -0.2) is 9.97 Å². The lowest BCUT2D eigenvalue weighted by Gasteiger charge is -2.19. The lowest BCUT2D eigenvalue weighted by Crippen LogP contribution is -2.18. The Morgan fingerprint density at radius 3 is 2.70 bits per heavy atom. The molecule has 4 N–H and O–H groups in total. The summed E-state index contributed by atoms with van der Waals surface area (Å²) in [5.74, 6) is 0.802. The van der Waals surface area contributed by atoms with E-state index in [1.165, 1.54) is 0 Å². The smallest absolute Gasteiger partial charge is 0.251 e. The summed E-state index contributed by atoms with van der Waals surface area (Å²) in [5.41, 5.74) is 12.3. The van der Waals surface area contributed by atoms with E-state index in [1.807, 2.05) is 43.3 Å². The summed E-state index contributed by atoms with van der Waals surface area (Å²) in [4.78, 5) is 25.7. The molecule has 0 fully saturated rings. The first-order chi connectivity index (χ1) is 16.0. The maximum Gasteiger partial charge on any atom is 0.251 e. The van der Waals surface area contributed by atoms with Crippen molar-refractivity contribution in [1.29, 1.82) is 0 Å². The summed E-state index contributed by atoms with van der Waals surface area (Å²) in [5, 5.41) is 7.01. The predicted molar refractivity (Wildman–Crippen MR) is 133 cm³/mol. The molecule has 2 aromatic carbocycles. The second-order valence-electron chi connectivity index (χ2n) is 8.05. The van der Waals surface area contributed by atoms with Gasteiger partial charge in [0, 0.05) is 48.4 Å². The molecule has 0 aliphatic rings. The number of hydrogen-bond acceptors (Lipinski definition) is 6. The van der Waals surface area contributed by atoms with E-state index >= 15 is 0 Å². The van der Waals surface area contributed by atoms with E-state index in [1.54, 1.807) is 25.6 Å². The fourth-order valence-corrected chi connectivity index (χ4v) is 4.08. The van der Waals surface area contributed by atoms with Gasteiger partial charge in [-0.2, -0.15) is 0 Å². The highest BCUT2D eigenvalue weighted by molar-refractivity contribution is 6.06. The van der Waals surface area contributed by atoms with Crippen LogP contribution in [0.25, 0.3) is 22.2 Å². The van der Waals surface area contributed by atoms with Crippen LogP contribution in [0.15, 0.2) is 61.1 Å². The highest BCUT2D eigenvalue weighted by Crippen LogP contribution is 2.30. The molecule has 0 aliphatic carbocycles. The standard InChI is InChI=1S/C26H28N6O/c1-4-17(18-6-5-7-19-20(26(33)28-3)10-11-29-25(18)19)14-30-24-13-23(31-15-32-24)21-9-8-16(2)12-22(21)27/h5-13,15,17H,4,14,27H2,1-3H3,(H,28,33)(H,30,31,32). The number of aromatic nitrogens is 3. The molecule has 1 amide bonds. The zero-order valence-electron chi connectivity index (χ0n) is 19.1. The molecule has 4 aromatic rings. The van der Waals surface area contributed by atoms with Crippen LogP contribution in [-0.4, -0.2) is 34.5 Å². The van der Waals surface area contributed by atoms with E-state index in [0.717, 1.165) is 45.5 Å². The van der Waals surface area contributed by atoms with Gasteiger partial charge in [0.15, 0.2) is 0 Å². The molecular formula is C26H28N6O. The topological polar surface area (TPSA) is 106 Å². The Hall–Kier alpha value is -4.00. The van der Waals surface area contributed by atoms with Crippen LogP contribution in [0.1, 0.15) is 40.7 Å². The Kier molecular flexibility index (Phi) is 6.49. The van der Waals surface area contributed by atoms with Gasteiger partial charge in [0.2, 0.25) is 0 Å². The van der Waals surface area contributed by atoms with E-state index < -0.39 is 0 Å². The summed E-state index contributed by atoms with van der Waals surface area (Å²) in [6.45, 7) is 4.82. The van der Waals surface area contributed by atoms with Crippen LogP contribution < -0.4 is 16.4 Å². The molecule has 7 heteroatoms. The molecule has 168 valence electrons. The van der Waals surface area contributed by atoms with E-state index in [0.29, 0.717) is 17.8 Å². The normalized spacial score (nSPS) is 11.8. The van der Waals surface area contributed by atoms with Gasteiger partial charge in [-0.3, -0.25) is 9.78 Å².